The van der Waals surface area contributed by atoms with Crippen molar-refractivity contribution in [3.05, 3.63) is 73.2 Å². The SMILES string of the molecule is O=C(O)CC1SC(c2cccc([N+](=O)[O-])c2)N(c2nnc(COc3ccc(Cl)cc3Cl)s2)C1=O. The van der Waals surface area contributed by atoms with E-state index in [2.05, 4.69) is 10.2 Å². The molecule has 2 unspecified atom stereocenters. The van der Waals surface area contributed by atoms with Gasteiger partial charge in [-0.05, 0) is 23.8 Å². The number of carboxylic acid groups (broad SMARTS) is 1. The van der Waals surface area contributed by atoms with Crippen molar-refractivity contribution < 1.29 is 24.4 Å². The largest absolute Gasteiger partial charge is 0.485 e. The lowest BCUT2D eigenvalue weighted by Gasteiger charge is -2.20. The van der Waals surface area contributed by atoms with Crippen molar-refractivity contribution in [3.63, 3.8) is 0 Å². The number of nitro groups is 1. The molecule has 0 aliphatic carbocycles. The molecule has 1 amide bonds. The van der Waals surface area contributed by atoms with Crippen LogP contribution in [0.15, 0.2) is 42.5 Å². The number of hydrogen-bond donors (Lipinski definition) is 1. The number of non-ortho nitro benzene ring substituents is 1. The van der Waals surface area contributed by atoms with Crippen LogP contribution in [0, 0.1) is 10.1 Å². The number of anilines is 1. The lowest BCUT2D eigenvalue weighted by atomic mass is 10.2. The summed E-state index contributed by atoms with van der Waals surface area (Å²) in [4.78, 5) is 36.4. The Balaban J connectivity index is 1.60. The second-order valence-corrected chi connectivity index (χ2v) is 10.1. The predicted octanol–water partition coefficient (Wildman–Crippen LogP) is 4.95. The molecule has 0 spiro atoms. The summed E-state index contributed by atoms with van der Waals surface area (Å²) in [5.74, 6) is -1.20. The number of nitrogens with zero attached hydrogens (tertiary/aromatic N) is 4. The summed E-state index contributed by atoms with van der Waals surface area (Å²) >= 11 is 14.2. The van der Waals surface area contributed by atoms with Gasteiger partial charge < -0.3 is 9.84 Å². The van der Waals surface area contributed by atoms with Crippen LogP contribution in [0.4, 0.5) is 10.8 Å². The van der Waals surface area contributed by atoms with Crippen LogP contribution in [0.25, 0.3) is 0 Å². The van der Waals surface area contributed by atoms with Crippen LogP contribution in [0.2, 0.25) is 10.0 Å². The van der Waals surface area contributed by atoms with E-state index in [9.17, 15) is 24.8 Å². The van der Waals surface area contributed by atoms with Crippen LogP contribution in [-0.4, -0.2) is 37.4 Å². The fraction of sp³-hybridized carbons (Fsp3) is 0.200. The molecule has 10 nitrogen and oxygen atoms in total. The molecule has 1 aromatic heterocycles. The summed E-state index contributed by atoms with van der Waals surface area (Å²) in [6.07, 6.45) is -0.394. The fourth-order valence-electron chi connectivity index (χ4n) is 3.19. The molecule has 1 fully saturated rings. The molecule has 176 valence electrons. The number of aromatic nitrogens is 2. The first-order valence-corrected chi connectivity index (χ1v) is 12.1. The summed E-state index contributed by atoms with van der Waals surface area (Å²) in [6.45, 7) is 0.0220. The molecule has 1 saturated heterocycles. The molecule has 4 rings (SSSR count). The van der Waals surface area contributed by atoms with Gasteiger partial charge in [-0.1, -0.05) is 46.7 Å². The van der Waals surface area contributed by atoms with E-state index in [1.807, 2.05) is 0 Å². The Kier molecular flexibility index (Phi) is 7.22. The van der Waals surface area contributed by atoms with Gasteiger partial charge in [0.15, 0.2) is 5.01 Å². The number of nitro benzene ring substituents is 1. The van der Waals surface area contributed by atoms with Crippen molar-refractivity contribution in [2.24, 2.45) is 0 Å². The molecule has 34 heavy (non-hydrogen) atoms. The van der Waals surface area contributed by atoms with Gasteiger partial charge in [0.25, 0.3) is 5.69 Å². The Labute approximate surface area is 210 Å². The third-order valence-corrected chi connectivity index (χ3v) is 7.54. The van der Waals surface area contributed by atoms with Crippen LogP contribution >= 0.6 is 46.3 Å². The van der Waals surface area contributed by atoms with E-state index in [0.717, 1.165) is 23.1 Å². The minimum atomic E-state index is -1.13. The maximum Gasteiger partial charge on any atom is 0.305 e. The second kappa shape index (κ2) is 10.1. The first kappa shape index (κ1) is 24.2. The Morgan fingerprint density at radius 3 is 2.74 bits per heavy atom. The molecule has 0 radical (unpaired) electrons. The monoisotopic (exact) mass is 540 g/mol. The van der Waals surface area contributed by atoms with E-state index in [1.165, 1.54) is 29.2 Å². The lowest BCUT2D eigenvalue weighted by molar-refractivity contribution is -0.384. The zero-order valence-electron chi connectivity index (χ0n) is 17.0. The number of hydrogen-bond acceptors (Lipinski definition) is 9. The molecule has 1 aliphatic heterocycles. The highest BCUT2D eigenvalue weighted by molar-refractivity contribution is 8.01. The quantitative estimate of drug-likeness (QED) is 0.310. The van der Waals surface area contributed by atoms with Gasteiger partial charge in [-0.2, -0.15) is 0 Å². The molecule has 0 bridgehead atoms. The minimum absolute atomic E-state index is 0.0220. The van der Waals surface area contributed by atoms with Crippen molar-refractivity contribution >= 4 is 69.0 Å². The van der Waals surface area contributed by atoms with Gasteiger partial charge in [0.1, 0.15) is 17.7 Å². The fourth-order valence-corrected chi connectivity index (χ4v) is 5.91. The van der Waals surface area contributed by atoms with E-state index in [4.69, 9.17) is 27.9 Å². The summed E-state index contributed by atoms with van der Waals surface area (Å²) in [6, 6.07) is 10.6. The third kappa shape index (κ3) is 5.25. The number of carbonyl (C=O) groups excluding carboxylic acids is 1. The highest BCUT2D eigenvalue weighted by atomic mass is 35.5. The zero-order chi connectivity index (χ0) is 24.4. The van der Waals surface area contributed by atoms with Gasteiger partial charge in [0.2, 0.25) is 11.0 Å². The molecule has 2 aromatic carbocycles. The maximum absolute atomic E-state index is 13.1. The van der Waals surface area contributed by atoms with Crippen molar-refractivity contribution in [1.82, 2.24) is 10.2 Å². The third-order valence-electron chi connectivity index (χ3n) is 4.67. The van der Waals surface area contributed by atoms with E-state index < -0.39 is 33.8 Å². The van der Waals surface area contributed by atoms with Crippen LogP contribution in [0.1, 0.15) is 22.4 Å². The van der Waals surface area contributed by atoms with Gasteiger partial charge in [-0.25, -0.2) is 0 Å². The molecule has 2 heterocycles. The lowest BCUT2D eigenvalue weighted by Crippen LogP contribution is -2.31. The van der Waals surface area contributed by atoms with Crippen LogP contribution in [0.3, 0.4) is 0 Å². The molecular formula is C20H14Cl2N4O6S2. The number of carboxylic acids is 1. The van der Waals surface area contributed by atoms with Crippen molar-refractivity contribution in [2.45, 2.75) is 23.7 Å². The van der Waals surface area contributed by atoms with Gasteiger partial charge in [-0.3, -0.25) is 24.6 Å². The number of benzene rings is 2. The normalized spacial score (nSPS) is 17.7. The van der Waals surface area contributed by atoms with E-state index in [0.29, 0.717) is 26.4 Å². The Hall–Kier alpha value is -2.93. The number of carbonyl (C=O) groups is 2. The maximum atomic E-state index is 13.1. The second-order valence-electron chi connectivity index (χ2n) is 6.98. The van der Waals surface area contributed by atoms with Gasteiger partial charge >= 0.3 is 5.97 Å². The van der Waals surface area contributed by atoms with Gasteiger partial charge in [0.05, 0.1) is 21.6 Å². The van der Waals surface area contributed by atoms with Gasteiger partial charge in [-0.15, -0.1) is 22.0 Å². The number of aliphatic carboxylic acids is 1. The Morgan fingerprint density at radius 1 is 1.24 bits per heavy atom. The summed E-state index contributed by atoms with van der Waals surface area (Å²) < 4.78 is 5.66. The zero-order valence-corrected chi connectivity index (χ0v) is 20.1. The van der Waals surface area contributed by atoms with Crippen LogP contribution < -0.4 is 9.64 Å². The smallest absolute Gasteiger partial charge is 0.305 e. The molecule has 14 heteroatoms. The highest BCUT2D eigenvalue weighted by Crippen LogP contribution is 2.47. The Bertz CT molecular complexity index is 1270. The van der Waals surface area contributed by atoms with Crippen molar-refractivity contribution in [2.75, 3.05) is 4.90 Å². The standard InChI is InChI=1S/C20H14Cl2N4O6S2/c21-11-4-5-14(13(22)7-11)32-9-16-23-24-20(34-16)25-18(29)15(8-17(27)28)33-19(25)10-2-1-3-12(6-10)26(30)31/h1-7,15,19H,8-9H2,(H,27,28). The van der Waals surface area contributed by atoms with E-state index in [-0.39, 0.29) is 17.4 Å². The summed E-state index contributed by atoms with van der Waals surface area (Å²) in [5, 5.41) is 28.5. The van der Waals surface area contributed by atoms with Crippen LogP contribution in [-0.2, 0) is 16.2 Å². The molecule has 1 aliphatic rings. The molecule has 3 aromatic rings. The van der Waals surface area contributed by atoms with Gasteiger partial charge in [0, 0.05) is 17.2 Å². The summed E-state index contributed by atoms with van der Waals surface area (Å²) in [7, 11) is 0. The first-order chi connectivity index (χ1) is 16.2. The predicted molar refractivity (Wildman–Crippen MR) is 128 cm³/mol. The molecular weight excluding hydrogens is 527 g/mol. The number of thioether (sulfide) groups is 1. The molecule has 1 N–H and O–H groups in total. The molecule has 0 saturated carbocycles. The number of halogens is 2. The van der Waals surface area contributed by atoms with Crippen LogP contribution in [0.5, 0.6) is 5.75 Å². The van der Waals surface area contributed by atoms with Crippen molar-refractivity contribution in [1.29, 1.82) is 0 Å². The van der Waals surface area contributed by atoms with E-state index >= 15 is 0 Å². The minimum Gasteiger partial charge on any atom is -0.485 e. The number of ether oxygens (including phenoxy) is 1. The topological polar surface area (TPSA) is 136 Å². The number of amides is 1. The number of rotatable bonds is 8. The first-order valence-electron chi connectivity index (χ1n) is 9.58. The summed E-state index contributed by atoms with van der Waals surface area (Å²) in [5.41, 5.74) is 0.333. The van der Waals surface area contributed by atoms with Crippen molar-refractivity contribution in [3.8, 4) is 5.75 Å². The Morgan fingerprint density at radius 2 is 2.03 bits per heavy atom. The van der Waals surface area contributed by atoms with E-state index in [1.54, 1.807) is 18.2 Å². The average molecular weight is 541 g/mol. The average Bonchev–Trinajstić information content (AvgIpc) is 3.37. The molecule has 2 atom stereocenters. The highest BCUT2D eigenvalue weighted by Gasteiger charge is 2.44.